The van der Waals surface area contributed by atoms with Crippen LogP contribution >= 0.6 is 0 Å². The molecule has 0 saturated heterocycles. The zero-order valence-corrected chi connectivity index (χ0v) is 14.0. The summed E-state index contributed by atoms with van der Waals surface area (Å²) >= 11 is 0. The summed E-state index contributed by atoms with van der Waals surface area (Å²) in [6, 6.07) is 9.47. The standard InChI is InChI=1S/C18H22N4O2/c1-13-10-16-18(20-11-13)22(17(21-16)12-23-2)8-3-9-24-15-6-4-14(19)5-7-15/h4-7,10-11H,3,8-9,12,19H2,1-2H3. The van der Waals surface area contributed by atoms with Crippen LogP contribution in [0.3, 0.4) is 0 Å². The van der Waals surface area contributed by atoms with Crippen LogP contribution in [-0.2, 0) is 17.9 Å². The van der Waals surface area contributed by atoms with Crippen molar-refractivity contribution in [1.29, 1.82) is 0 Å². The van der Waals surface area contributed by atoms with Crippen LogP contribution in [-0.4, -0.2) is 28.3 Å². The number of hydrogen-bond donors (Lipinski definition) is 1. The summed E-state index contributed by atoms with van der Waals surface area (Å²) in [6.07, 6.45) is 2.71. The number of pyridine rings is 1. The van der Waals surface area contributed by atoms with Gasteiger partial charge >= 0.3 is 0 Å². The fourth-order valence-electron chi connectivity index (χ4n) is 2.61. The zero-order chi connectivity index (χ0) is 16.9. The molecule has 24 heavy (non-hydrogen) atoms. The molecule has 6 heteroatoms. The highest BCUT2D eigenvalue weighted by atomic mass is 16.5. The van der Waals surface area contributed by atoms with Crippen molar-refractivity contribution in [3.63, 3.8) is 0 Å². The molecule has 6 nitrogen and oxygen atoms in total. The van der Waals surface area contributed by atoms with E-state index >= 15 is 0 Å². The molecule has 0 bridgehead atoms. The summed E-state index contributed by atoms with van der Waals surface area (Å²) in [6.45, 7) is 3.87. The fourth-order valence-corrected chi connectivity index (χ4v) is 2.61. The molecular formula is C18H22N4O2. The van der Waals surface area contributed by atoms with Gasteiger partial charge in [-0.05, 0) is 49.2 Å². The Bertz CT molecular complexity index is 812. The first-order valence-electron chi connectivity index (χ1n) is 7.96. The normalized spacial score (nSPS) is 11.1. The Balaban J connectivity index is 1.67. The van der Waals surface area contributed by atoms with E-state index in [4.69, 9.17) is 15.2 Å². The number of benzene rings is 1. The maximum Gasteiger partial charge on any atom is 0.160 e. The van der Waals surface area contributed by atoms with E-state index < -0.39 is 0 Å². The Hall–Kier alpha value is -2.60. The van der Waals surface area contributed by atoms with Gasteiger partial charge in [-0.3, -0.25) is 0 Å². The van der Waals surface area contributed by atoms with Crippen LogP contribution in [0.4, 0.5) is 5.69 Å². The van der Waals surface area contributed by atoms with Crippen LogP contribution in [0.15, 0.2) is 36.5 Å². The number of aryl methyl sites for hydroxylation is 2. The van der Waals surface area contributed by atoms with Gasteiger partial charge in [-0.2, -0.15) is 0 Å². The molecule has 3 aromatic rings. The number of hydrogen-bond acceptors (Lipinski definition) is 5. The largest absolute Gasteiger partial charge is 0.494 e. The summed E-state index contributed by atoms with van der Waals surface area (Å²) < 4.78 is 13.1. The van der Waals surface area contributed by atoms with E-state index in [-0.39, 0.29) is 0 Å². The van der Waals surface area contributed by atoms with Crippen LogP contribution in [0.2, 0.25) is 0 Å². The first-order valence-corrected chi connectivity index (χ1v) is 7.96. The second kappa shape index (κ2) is 7.31. The minimum Gasteiger partial charge on any atom is -0.494 e. The van der Waals surface area contributed by atoms with Crippen LogP contribution in [0.5, 0.6) is 5.75 Å². The molecule has 3 rings (SSSR count). The van der Waals surface area contributed by atoms with Gasteiger partial charge < -0.3 is 19.8 Å². The van der Waals surface area contributed by atoms with E-state index in [1.54, 1.807) is 7.11 Å². The number of nitrogen functional groups attached to an aromatic ring is 1. The highest BCUT2D eigenvalue weighted by Crippen LogP contribution is 2.17. The molecule has 126 valence electrons. The van der Waals surface area contributed by atoms with E-state index in [0.29, 0.717) is 13.2 Å². The number of ether oxygens (including phenoxy) is 2. The lowest BCUT2D eigenvalue weighted by Gasteiger charge is -2.10. The molecule has 0 fully saturated rings. The fraction of sp³-hybridized carbons (Fsp3) is 0.333. The number of fused-ring (bicyclic) bond motifs is 1. The summed E-state index contributed by atoms with van der Waals surface area (Å²) in [5.41, 5.74) is 9.30. The summed E-state index contributed by atoms with van der Waals surface area (Å²) in [7, 11) is 1.67. The predicted octanol–water partition coefficient (Wildman–Crippen LogP) is 2.94. The molecule has 0 spiro atoms. The maximum atomic E-state index is 5.75. The molecule has 1 aromatic carbocycles. The summed E-state index contributed by atoms with van der Waals surface area (Å²) in [4.78, 5) is 9.15. The maximum absolute atomic E-state index is 5.75. The Morgan fingerprint density at radius 2 is 2.00 bits per heavy atom. The van der Waals surface area contributed by atoms with E-state index in [1.807, 2.05) is 43.5 Å². The topological polar surface area (TPSA) is 75.2 Å². The molecule has 0 radical (unpaired) electrons. The lowest BCUT2D eigenvalue weighted by Crippen LogP contribution is -2.09. The Labute approximate surface area is 141 Å². The van der Waals surface area contributed by atoms with Gasteiger partial charge in [-0.25, -0.2) is 9.97 Å². The number of imidazole rings is 1. The van der Waals surface area contributed by atoms with Gasteiger partial charge in [0, 0.05) is 25.5 Å². The second-order valence-corrected chi connectivity index (χ2v) is 5.74. The zero-order valence-electron chi connectivity index (χ0n) is 14.0. The minimum absolute atomic E-state index is 0.466. The van der Waals surface area contributed by atoms with Crippen LogP contribution in [0.25, 0.3) is 11.2 Å². The highest BCUT2D eigenvalue weighted by molar-refractivity contribution is 5.72. The van der Waals surface area contributed by atoms with Crippen molar-refractivity contribution in [2.75, 3.05) is 19.5 Å². The Morgan fingerprint density at radius 1 is 1.21 bits per heavy atom. The molecule has 2 aromatic heterocycles. The van der Waals surface area contributed by atoms with Gasteiger partial charge in [-0.1, -0.05) is 0 Å². The van der Waals surface area contributed by atoms with E-state index in [9.17, 15) is 0 Å². The molecule has 2 N–H and O–H groups in total. The molecule has 0 aliphatic rings. The van der Waals surface area contributed by atoms with Gasteiger partial charge in [0.2, 0.25) is 0 Å². The van der Waals surface area contributed by atoms with Crippen LogP contribution in [0.1, 0.15) is 17.8 Å². The average molecular weight is 326 g/mol. The second-order valence-electron chi connectivity index (χ2n) is 5.74. The monoisotopic (exact) mass is 326 g/mol. The number of nitrogens with two attached hydrogens (primary N) is 1. The van der Waals surface area contributed by atoms with E-state index in [1.165, 1.54) is 0 Å². The Kier molecular flexibility index (Phi) is 4.96. The quantitative estimate of drug-likeness (QED) is 0.534. The van der Waals surface area contributed by atoms with Crippen molar-refractivity contribution in [1.82, 2.24) is 14.5 Å². The van der Waals surface area contributed by atoms with Gasteiger partial charge in [0.1, 0.15) is 23.7 Å². The average Bonchev–Trinajstić information content (AvgIpc) is 2.90. The number of anilines is 1. The smallest absolute Gasteiger partial charge is 0.160 e. The van der Waals surface area contributed by atoms with Gasteiger partial charge in [0.25, 0.3) is 0 Å². The molecule has 0 atom stereocenters. The molecular weight excluding hydrogens is 304 g/mol. The lowest BCUT2D eigenvalue weighted by atomic mass is 10.3. The minimum atomic E-state index is 0.466. The number of methoxy groups -OCH3 is 1. The van der Waals surface area contributed by atoms with Crippen molar-refractivity contribution in [2.45, 2.75) is 26.5 Å². The summed E-state index contributed by atoms with van der Waals surface area (Å²) in [5, 5.41) is 0. The molecule has 0 aliphatic carbocycles. The first kappa shape index (κ1) is 16.3. The van der Waals surface area contributed by atoms with Crippen LogP contribution in [0, 0.1) is 6.92 Å². The number of nitrogens with zero attached hydrogens (tertiary/aromatic N) is 3. The lowest BCUT2D eigenvalue weighted by molar-refractivity contribution is 0.174. The third-order valence-electron chi connectivity index (χ3n) is 3.75. The molecule has 0 amide bonds. The van der Waals surface area contributed by atoms with Crippen molar-refractivity contribution >= 4 is 16.9 Å². The molecule has 2 heterocycles. The Morgan fingerprint density at radius 3 is 2.75 bits per heavy atom. The molecule has 0 saturated carbocycles. The van der Waals surface area contributed by atoms with E-state index in [0.717, 1.165) is 47.0 Å². The third-order valence-corrected chi connectivity index (χ3v) is 3.75. The van der Waals surface area contributed by atoms with Crippen molar-refractivity contribution in [2.24, 2.45) is 0 Å². The number of aromatic nitrogens is 3. The SMILES string of the molecule is COCc1nc2cc(C)cnc2n1CCCOc1ccc(N)cc1. The van der Waals surface area contributed by atoms with Gasteiger partial charge in [0.15, 0.2) is 5.65 Å². The van der Waals surface area contributed by atoms with E-state index in [2.05, 4.69) is 14.5 Å². The van der Waals surface area contributed by atoms with Crippen LogP contribution < -0.4 is 10.5 Å². The van der Waals surface area contributed by atoms with Gasteiger partial charge in [0.05, 0.1) is 6.61 Å². The highest BCUT2D eigenvalue weighted by Gasteiger charge is 2.11. The van der Waals surface area contributed by atoms with Crippen molar-refractivity contribution in [3.8, 4) is 5.75 Å². The third kappa shape index (κ3) is 3.65. The molecule has 0 unspecified atom stereocenters. The van der Waals surface area contributed by atoms with Gasteiger partial charge in [-0.15, -0.1) is 0 Å². The molecule has 0 aliphatic heterocycles. The number of rotatable bonds is 7. The van der Waals surface area contributed by atoms with Crippen molar-refractivity contribution < 1.29 is 9.47 Å². The first-order chi connectivity index (χ1) is 11.7. The predicted molar refractivity (Wildman–Crippen MR) is 93.9 cm³/mol. The van der Waals surface area contributed by atoms with Crippen molar-refractivity contribution in [3.05, 3.63) is 47.9 Å². The summed E-state index contributed by atoms with van der Waals surface area (Å²) in [5.74, 6) is 1.71.